The van der Waals surface area contributed by atoms with Gasteiger partial charge in [-0.15, -0.1) is 12.4 Å². The van der Waals surface area contributed by atoms with Crippen LogP contribution in [0, 0.1) is 0 Å². The average Bonchev–Trinajstić information content (AvgIpc) is 3.10. The van der Waals surface area contributed by atoms with Crippen LogP contribution < -0.4 is 14.8 Å². The Hall–Kier alpha value is -1.42. The maximum absolute atomic E-state index is 11.3. The Bertz CT molecular complexity index is 500. The molecule has 1 aliphatic carbocycles. The van der Waals surface area contributed by atoms with Crippen molar-refractivity contribution in [1.82, 2.24) is 5.32 Å². The van der Waals surface area contributed by atoms with Gasteiger partial charge in [0.25, 0.3) is 0 Å². The third-order valence-corrected chi connectivity index (χ3v) is 4.23. The largest absolute Gasteiger partial charge is 0.493 e. The van der Waals surface area contributed by atoms with Gasteiger partial charge in [0.05, 0.1) is 13.2 Å². The van der Waals surface area contributed by atoms with Crippen molar-refractivity contribution in [3.05, 3.63) is 23.8 Å². The van der Waals surface area contributed by atoms with Crippen molar-refractivity contribution in [3.8, 4) is 11.5 Å². The van der Waals surface area contributed by atoms with Crippen LogP contribution in [0.15, 0.2) is 18.2 Å². The summed E-state index contributed by atoms with van der Waals surface area (Å²) < 4.78 is 11.5. The highest BCUT2D eigenvalue weighted by molar-refractivity contribution is 5.85. The van der Waals surface area contributed by atoms with Gasteiger partial charge in [-0.05, 0) is 43.4 Å². The average molecular weight is 312 g/mol. The van der Waals surface area contributed by atoms with Crippen LogP contribution in [0.1, 0.15) is 43.6 Å². The quantitative estimate of drug-likeness (QED) is 0.929. The van der Waals surface area contributed by atoms with E-state index in [1.807, 2.05) is 18.2 Å². The minimum absolute atomic E-state index is 0. The first-order valence-corrected chi connectivity index (χ1v) is 7.37. The number of amides is 1. The minimum Gasteiger partial charge on any atom is -0.493 e. The van der Waals surface area contributed by atoms with Gasteiger partial charge in [0.1, 0.15) is 0 Å². The summed E-state index contributed by atoms with van der Waals surface area (Å²) >= 11 is 0. The maximum Gasteiger partial charge on any atom is 0.220 e. The highest BCUT2D eigenvalue weighted by Gasteiger charge is 2.25. The normalized spacial score (nSPS) is 21.8. The van der Waals surface area contributed by atoms with Gasteiger partial charge in [0.2, 0.25) is 5.91 Å². The molecule has 0 radical (unpaired) electrons. The lowest BCUT2D eigenvalue weighted by atomic mass is 9.98. The van der Waals surface area contributed by atoms with Crippen LogP contribution in [-0.2, 0) is 4.79 Å². The second kappa shape index (κ2) is 7.03. The lowest BCUT2D eigenvalue weighted by Crippen LogP contribution is -2.14. The summed E-state index contributed by atoms with van der Waals surface area (Å²) in [6.07, 6.45) is 5.60. The predicted molar refractivity (Wildman–Crippen MR) is 83.5 cm³/mol. The fraction of sp³-hybridized carbons (Fsp3) is 0.562. The van der Waals surface area contributed by atoms with E-state index in [9.17, 15) is 4.79 Å². The van der Waals surface area contributed by atoms with Crippen LogP contribution in [0.25, 0.3) is 0 Å². The number of halogens is 1. The van der Waals surface area contributed by atoms with Crippen molar-refractivity contribution in [1.29, 1.82) is 0 Å². The zero-order chi connectivity index (χ0) is 13.9. The van der Waals surface area contributed by atoms with Crippen LogP contribution in [-0.4, -0.2) is 25.7 Å². The third kappa shape index (κ3) is 3.62. The molecule has 3 rings (SSSR count). The first kappa shape index (κ1) is 16.0. The smallest absolute Gasteiger partial charge is 0.220 e. The van der Waals surface area contributed by atoms with E-state index >= 15 is 0 Å². The van der Waals surface area contributed by atoms with Crippen molar-refractivity contribution in [2.45, 2.75) is 44.1 Å². The van der Waals surface area contributed by atoms with Gasteiger partial charge < -0.3 is 14.8 Å². The number of carbonyl (C=O) groups excluding carboxylic acids is 1. The fourth-order valence-corrected chi connectivity index (χ4v) is 3.07. The van der Waals surface area contributed by atoms with Crippen LogP contribution in [0.5, 0.6) is 11.5 Å². The lowest BCUT2D eigenvalue weighted by Gasteiger charge is -2.18. The summed E-state index contributed by atoms with van der Waals surface area (Å²) in [6.45, 7) is 0.716. The number of ether oxygens (including phenoxy) is 2. The molecule has 1 amide bonds. The zero-order valence-corrected chi connectivity index (χ0v) is 13.1. The zero-order valence-electron chi connectivity index (χ0n) is 12.3. The standard InChI is InChI=1S/C16H21NO3.ClH/c1-19-14-7-6-11(12-9-16(18)17-10-12)8-15(14)20-13-4-2-3-5-13;/h6-8,12-13H,2-5,9-10H2,1H3,(H,17,18);1H. The number of hydrogen-bond acceptors (Lipinski definition) is 3. The van der Waals surface area contributed by atoms with E-state index in [1.165, 1.54) is 12.8 Å². The lowest BCUT2D eigenvalue weighted by molar-refractivity contribution is -0.119. The molecule has 5 heteroatoms. The molecule has 0 aromatic heterocycles. The summed E-state index contributed by atoms with van der Waals surface area (Å²) in [6, 6.07) is 6.02. The molecule has 0 spiro atoms. The highest BCUT2D eigenvalue weighted by Crippen LogP contribution is 2.35. The van der Waals surface area contributed by atoms with Gasteiger partial charge in [-0.1, -0.05) is 6.07 Å². The number of nitrogens with one attached hydrogen (secondary N) is 1. The van der Waals surface area contributed by atoms with Crippen molar-refractivity contribution in [2.75, 3.05) is 13.7 Å². The molecule has 4 nitrogen and oxygen atoms in total. The number of benzene rings is 1. The van der Waals surface area contributed by atoms with E-state index in [1.54, 1.807) is 7.11 Å². The first-order valence-electron chi connectivity index (χ1n) is 7.37. The summed E-state index contributed by atoms with van der Waals surface area (Å²) in [4.78, 5) is 11.3. The van der Waals surface area contributed by atoms with E-state index in [0.29, 0.717) is 19.1 Å². The first-order chi connectivity index (χ1) is 9.76. The number of hydrogen-bond donors (Lipinski definition) is 1. The van der Waals surface area contributed by atoms with E-state index < -0.39 is 0 Å². The molecule has 2 fully saturated rings. The minimum atomic E-state index is 0. The van der Waals surface area contributed by atoms with E-state index in [4.69, 9.17) is 9.47 Å². The Morgan fingerprint density at radius 1 is 1.19 bits per heavy atom. The van der Waals surface area contributed by atoms with E-state index in [0.717, 1.165) is 29.9 Å². The van der Waals surface area contributed by atoms with Crippen LogP contribution in [0.2, 0.25) is 0 Å². The Morgan fingerprint density at radius 3 is 2.57 bits per heavy atom. The van der Waals surface area contributed by atoms with E-state index in [2.05, 4.69) is 5.32 Å². The van der Waals surface area contributed by atoms with Crippen molar-refractivity contribution in [3.63, 3.8) is 0 Å². The van der Waals surface area contributed by atoms with Gasteiger partial charge in [-0.2, -0.15) is 0 Å². The summed E-state index contributed by atoms with van der Waals surface area (Å²) in [5, 5.41) is 2.88. The monoisotopic (exact) mass is 311 g/mol. The van der Waals surface area contributed by atoms with Gasteiger partial charge >= 0.3 is 0 Å². The van der Waals surface area contributed by atoms with Gasteiger partial charge in [0.15, 0.2) is 11.5 Å². The third-order valence-electron chi connectivity index (χ3n) is 4.23. The van der Waals surface area contributed by atoms with Crippen molar-refractivity contribution in [2.24, 2.45) is 0 Å². The molecule has 1 unspecified atom stereocenters. The molecule has 1 aromatic rings. The molecule has 1 saturated heterocycles. The Labute approximate surface area is 131 Å². The summed E-state index contributed by atoms with van der Waals surface area (Å²) in [5.41, 5.74) is 1.15. The predicted octanol–water partition coefficient (Wildman–Crippen LogP) is 3.04. The van der Waals surface area contributed by atoms with Crippen molar-refractivity contribution >= 4 is 18.3 Å². The molecule has 1 atom stereocenters. The van der Waals surface area contributed by atoms with E-state index in [-0.39, 0.29) is 24.2 Å². The van der Waals surface area contributed by atoms with Crippen LogP contribution in [0.3, 0.4) is 0 Å². The summed E-state index contributed by atoms with van der Waals surface area (Å²) in [7, 11) is 1.66. The Morgan fingerprint density at radius 2 is 1.95 bits per heavy atom. The molecule has 1 aromatic carbocycles. The Kier molecular flexibility index (Phi) is 5.34. The number of carbonyl (C=O) groups is 1. The highest BCUT2D eigenvalue weighted by atomic mass is 35.5. The SMILES string of the molecule is COc1ccc(C2CNC(=O)C2)cc1OC1CCCC1.Cl. The number of rotatable bonds is 4. The molecule has 1 aliphatic heterocycles. The maximum atomic E-state index is 11.3. The summed E-state index contributed by atoms with van der Waals surface area (Å²) in [5.74, 6) is 1.97. The van der Waals surface area contributed by atoms with Crippen LogP contribution in [0.4, 0.5) is 0 Å². The second-order valence-electron chi connectivity index (χ2n) is 5.64. The van der Waals surface area contributed by atoms with Gasteiger partial charge in [-0.3, -0.25) is 4.79 Å². The molecule has 0 bridgehead atoms. The molecule has 21 heavy (non-hydrogen) atoms. The van der Waals surface area contributed by atoms with Gasteiger partial charge in [-0.25, -0.2) is 0 Å². The Balaban J connectivity index is 0.00000161. The molecular weight excluding hydrogens is 290 g/mol. The van der Waals surface area contributed by atoms with Crippen LogP contribution >= 0.6 is 12.4 Å². The molecule has 1 N–H and O–H groups in total. The molecule has 1 saturated carbocycles. The molecule has 2 aliphatic rings. The van der Waals surface area contributed by atoms with Crippen molar-refractivity contribution < 1.29 is 14.3 Å². The molecule has 116 valence electrons. The topological polar surface area (TPSA) is 47.6 Å². The second-order valence-corrected chi connectivity index (χ2v) is 5.64. The van der Waals surface area contributed by atoms with Gasteiger partial charge in [0, 0.05) is 18.9 Å². The molecular formula is C16H22ClNO3. The fourth-order valence-electron chi connectivity index (χ4n) is 3.07. The number of methoxy groups -OCH3 is 1. The molecule has 1 heterocycles.